The average molecular weight is 364 g/mol. The van der Waals surface area contributed by atoms with Gasteiger partial charge in [-0.2, -0.15) is 4.98 Å². The van der Waals surface area contributed by atoms with Crippen molar-refractivity contribution in [3.63, 3.8) is 0 Å². The van der Waals surface area contributed by atoms with Crippen molar-refractivity contribution in [1.82, 2.24) is 20.4 Å². The van der Waals surface area contributed by atoms with E-state index in [0.717, 1.165) is 44.9 Å². The monoisotopic (exact) mass is 363 g/mol. The van der Waals surface area contributed by atoms with Crippen LogP contribution in [0.5, 0.6) is 0 Å². The summed E-state index contributed by atoms with van der Waals surface area (Å²) in [7, 11) is 3.94. The van der Waals surface area contributed by atoms with Crippen molar-refractivity contribution in [2.24, 2.45) is 17.6 Å². The number of amides is 1. The molecule has 0 aliphatic heterocycles. The van der Waals surface area contributed by atoms with Crippen LogP contribution in [0.25, 0.3) is 0 Å². The first kappa shape index (κ1) is 19.3. The number of carbonyl (C=O) groups is 1. The van der Waals surface area contributed by atoms with E-state index in [-0.39, 0.29) is 11.8 Å². The van der Waals surface area contributed by atoms with E-state index in [1.165, 1.54) is 12.8 Å². The molecule has 0 saturated heterocycles. The minimum atomic E-state index is -0.497. The molecule has 1 heterocycles. The van der Waals surface area contributed by atoms with E-state index in [4.69, 9.17) is 10.3 Å². The van der Waals surface area contributed by atoms with Gasteiger partial charge in [0.05, 0.1) is 6.54 Å². The molecule has 2 saturated carbocycles. The highest BCUT2D eigenvalue weighted by molar-refractivity contribution is 5.80. The number of hydrogen-bond donors (Lipinski definition) is 2. The fourth-order valence-corrected chi connectivity index (χ4v) is 4.51. The Kier molecular flexibility index (Phi) is 6.29. The van der Waals surface area contributed by atoms with E-state index in [1.54, 1.807) is 0 Å². The number of aromatic nitrogens is 2. The van der Waals surface area contributed by atoms with Crippen molar-refractivity contribution >= 4 is 5.91 Å². The maximum absolute atomic E-state index is 13.1. The number of nitrogens with one attached hydrogen (secondary N) is 1. The first-order valence-electron chi connectivity index (χ1n) is 10.0. The second-order valence-electron chi connectivity index (χ2n) is 8.27. The zero-order chi connectivity index (χ0) is 18.6. The summed E-state index contributed by atoms with van der Waals surface area (Å²) in [6, 6.07) is 0. The minimum absolute atomic E-state index is 0.0216. The lowest BCUT2D eigenvalue weighted by molar-refractivity contribution is -0.128. The lowest BCUT2D eigenvalue weighted by Gasteiger charge is -2.32. The molecule has 7 nitrogen and oxygen atoms in total. The van der Waals surface area contributed by atoms with Gasteiger partial charge in [0, 0.05) is 5.92 Å². The smallest absolute Gasteiger partial charge is 0.240 e. The Morgan fingerprint density at radius 2 is 1.96 bits per heavy atom. The van der Waals surface area contributed by atoms with Crippen LogP contribution in [0, 0.1) is 11.8 Å². The molecule has 2 aliphatic carbocycles. The molecule has 146 valence electrons. The van der Waals surface area contributed by atoms with Crippen molar-refractivity contribution in [3.05, 3.63) is 11.7 Å². The number of nitrogens with zero attached hydrogens (tertiary/aromatic N) is 3. The second kappa shape index (κ2) is 8.48. The van der Waals surface area contributed by atoms with Gasteiger partial charge in [-0.25, -0.2) is 0 Å². The summed E-state index contributed by atoms with van der Waals surface area (Å²) in [5.74, 6) is 1.69. The molecule has 0 radical (unpaired) electrons. The predicted molar refractivity (Wildman–Crippen MR) is 99.1 cm³/mol. The van der Waals surface area contributed by atoms with Crippen molar-refractivity contribution in [3.8, 4) is 0 Å². The molecule has 0 spiro atoms. The van der Waals surface area contributed by atoms with Crippen LogP contribution in [0.1, 0.15) is 69.5 Å². The first-order valence-corrected chi connectivity index (χ1v) is 10.0. The Morgan fingerprint density at radius 3 is 2.62 bits per heavy atom. The highest BCUT2D eigenvalue weighted by atomic mass is 16.5. The van der Waals surface area contributed by atoms with Crippen molar-refractivity contribution in [2.75, 3.05) is 20.6 Å². The summed E-state index contributed by atoms with van der Waals surface area (Å²) < 4.78 is 5.47. The lowest BCUT2D eigenvalue weighted by Crippen LogP contribution is -2.49. The van der Waals surface area contributed by atoms with Gasteiger partial charge in [-0.3, -0.25) is 4.79 Å². The van der Waals surface area contributed by atoms with Crippen LogP contribution in [0.4, 0.5) is 0 Å². The molecule has 0 bridgehead atoms. The maximum atomic E-state index is 13.1. The normalized spacial score (nSPS) is 26.0. The van der Waals surface area contributed by atoms with E-state index < -0.39 is 5.54 Å². The molecular formula is C19H33N5O2. The Labute approximate surface area is 156 Å². The van der Waals surface area contributed by atoms with Crippen LogP contribution in [-0.4, -0.2) is 41.6 Å². The summed E-state index contributed by atoms with van der Waals surface area (Å²) in [6.45, 7) is 1.19. The minimum Gasteiger partial charge on any atom is -0.343 e. The second-order valence-corrected chi connectivity index (χ2v) is 8.27. The predicted octanol–water partition coefficient (Wildman–Crippen LogP) is 2.17. The van der Waals surface area contributed by atoms with Gasteiger partial charge >= 0.3 is 0 Å². The zero-order valence-electron chi connectivity index (χ0n) is 16.2. The van der Waals surface area contributed by atoms with Crippen LogP contribution in [0.3, 0.4) is 0 Å². The summed E-state index contributed by atoms with van der Waals surface area (Å²) in [5.41, 5.74) is 5.39. The molecule has 7 heteroatoms. The Hall–Kier alpha value is -1.47. The van der Waals surface area contributed by atoms with Crippen LogP contribution in [-0.2, 0) is 16.9 Å². The molecule has 1 amide bonds. The van der Waals surface area contributed by atoms with Gasteiger partial charge in [-0.05, 0) is 52.2 Å². The highest BCUT2D eigenvalue weighted by Crippen LogP contribution is 2.37. The third-order valence-corrected chi connectivity index (χ3v) is 5.97. The molecule has 1 aromatic heterocycles. The van der Waals surface area contributed by atoms with E-state index in [0.29, 0.717) is 30.7 Å². The number of rotatable bonds is 6. The van der Waals surface area contributed by atoms with Crippen LogP contribution in [0.2, 0.25) is 0 Å². The first-order chi connectivity index (χ1) is 12.5. The van der Waals surface area contributed by atoms with Crippen LogP contribution >= 0.6 is 0 Å². The largest absolute Gasteiger partial charge is 0.343 e. The van der Waals surface area contributed by atoms with Crippen molar-refractivity contribution < 1.29 is 9.32 Å². The lowest BCUT2D eigenvalue weighted by atomic mass is 9.87. The third-order valence-electron chi connectivity index (χ3n) is 5.97. The summed E-state index contributed by atoms with van der Waals surface area (Å²) in [4.78, 5) is 19.7. The summed E-state index contributed by atoms with van der Waals surface area (Å²) in [5, 5.41) is 7.64. The van der Waals surface area contributed by atoms with Gasteiger partial charge in [0.15, 0.2) is 5.82 Å². The van der Waals surface area contributed by atoms with E-state index in [2.05, 4.69) is 15.5 Å². The molecule has 0 aromatic carbocycles. The molecule has 2 atom stereocenters. The summed E-state index contributed by atoms with van der Waals surface area (Å²) >= 11 is 0. The molecule has 26 heavy (non-hydrogen) atoms. The van der Waals surface area contributed by atoms with Gasteiger partial charge in [-0.15, -0.1) is 0 Å². The van der Waals surface area contributed by atoms with Gasteiger partial charge in [-0.1, -0.05) is 37.3 Å². The van der Waals surface area contributed by atoms with Crippen LogP contribution in [0.15, 0.2) is 4.52 Å². The van der Waals surface area contributed by atoms with Crippen LogP contribution < -0.4 is 11.1 Å². The van der Waals surface area contributed by atoms with E-state index in [1.807, 2.05) is 19.0 Å². The van der Waals surface area contributed by atoms with E-state index >= 15 is 0 Å². The van der Waals surface area contributed by atoms with E-state index in [9.17, 15) is 4.79 Å². The van der Waals surface area contributed by atoms with Gasteiger partial charge in [0.25, 0.3) is 0 Å². The Morgan fingerprint density at radius 1 is 1.23 bits per heavy atom. The fourth-order valence-electron chi connectivity index (χ4n) is 4.51. The molecule has 2 fully saturated rings. The number of hydrogen-bond acceptors (Lipinski definition) is 6. The van der Waals surface area contributed by atoms with Gasteiger partial charge in [0.1, 0.15) is 5.54 Å². The molecular weight excluding hydrogens is 330 g/mol. The SMILES string of the molecule is CN(C)Cc1nc(C2(NC(=O)[C@@H]3CCC[C@@H]3CN)CCCCCC2)no1. The van der Waals surface area contributed by atoms with Crippen molar-refractivity contribution in [1.29, 1.82) is 0 Å². The van der Waals surface area contributed by atoms with Crippen molar-refractivity contribution in [2.45, 2.75) is 69.9 Å². The average Bonchev–Trinajstić information content (AvgIpc) is 3.21. The van der Waals surface area contributed by atoms with Gasteiger partial charge < -0.3 is 20.5 Å². The number of nitrogens with two attached hydrogens (primary N) is 1. The quantitative estimate of drug-likeness (QED) is 0.752. The fraction of sp³-hybridized carbons (Fsp3) is 0.842. The van der Waals surface area contributed by atoms with Gasteiger partial charge in [0.2, 0.25) is 11.8 Å². The highest BCUT2D eigenvalue weighted by Gasteiger charge is 2.42. The third kappa shape index (κ3) is 4.26. The Balaban J connectivity index is 1.82. The topological polar surface area (TPSA) is 97.3 Å². The molecule has 3 N–H and O–H groups in total. The standard InChI is InChI=1S/C19H33N5O2/c1-24(2)13-16-21-18(23-26-16)19(10-5-3-4-6-11-19)22-17(25)15-9-7-8-14(15)12-20/h14-15H,3-13,20H2,1-2H3,(H,22,25)/t14-,15-/m1/s1. The number of carbonyl (C=O) groups excluding carboxylic acids is 1. The zero-order valence-corrected chi connectivity index (χ0v) is 16.2. The molecule has 1 aromatic rings. The maximum Gasteiger partial charge on any atom is 0.240 e. The molecule has 3 rings (SSSR count). The summed E-state index contributed by atoms with van der Waals surface area (Å²) in [6.07, 6.45) is 9.34. The Bertz CT molecular complexity index is 593. The molecule has 2 aliphatic rings. The molecule has 0 unspecified atom stereocenters.